The number of carbonyl (C=O) groups excluding carboxylic acids is 2. The molecule has 1 aliphatic rings. The summed E-state index contributed by atoms with van der Waals surface area (Å²) in [5, 5.41) is 11.6. The SMILES string of the molecule is COc1cc(/C=C/C(=O)O[C@@H](C)C(=O)NC2CCCCCC2)ccc1OCC#N. The minimum atomic E-state index is -0.855. The molecule has 1 fully saturated rings. The molecule has 7 nitrogen and oxygen atoms in total. The number of hydrogen-bond acceptors (Lipinski definition) is 6. The number of hydrogen-bond donors (Lipinski definition) is 1. The van der Waals surface area contributed by atoms with Crippen LogP contribution in [0.3, 0.4) is 0 Å². The second-order valence-electron chi connectivity index (χ2n) is 6.97. The van der Waals surface area contributed by atoms with E-state index in [0.717, 1.165) is 25.7 Å². The van der Waals surface area contributed by atoms with E-state index < -0.39 is 12.1 Å². The van der Waals surface area contributed by atoms with Crippen molar-refractivity contribution in [3.05, 3.63) is 29.8 Å². The number of carbonyl (C=O) groups is 2. The number of nitriles is 1. The second-order valence-corrected chi connectivity index (χ2v) is 6.97. The molecular weight excluding hydrogens is 372 g/mol. The molecule has 1 amide bonds. The highest BCUT2D eigenvalue weighted by Crippen LogP contribution is 2.28. The zero-order valence-corrected chi connectivity index (χ0v) is 17.0. The minimum absolute atomic E-state index is 0.0846. The Morgan fingerprint density at radius 1 is 1.24 bits per heavy atom. The molecule has 0 unspecified atom stereocenters. The van der Waals surface area contributed by atoms with Gasteiger partial charge in [-0.15, -0.1) is 0 Å². The molecule has 7 heteroatoms. The minimum Gasteiger partial charge on any atom is -0.493 e. The highest BCUT2D eigenvalue weighted by Gasteiger charge is 2.21. The molecule has 1 aliphatic carbocycles. The molecule has 1 N–H and O–H groups in total. The van der Waals surface area contributed by atoms with Crippen LogP contribution in [0.1, 0.15) is 51.0 Å². The maximum atomic E-state index is 12.3. The Balaban J connectivity index is 1.87. The van der Waals surface area contributed by atoms with Crippen molar-refractivity contribution in [2.75, 3.05) is 13.7 Å². The maximum Gasteiger partial charge on any atom is 0.331 e. The number of nitrogens with zero attached hydrogens (tertiary/aromatic N) is 1. The summed E-state index contributed by atoms with van der Waals surface area (Å²) in [6.07, 6.45) is 8.57. The lowest BCUT2D eigenvalue weighted by molar-refractivity contribution is -0.150. The summed E-state index contributed by atoms with van der Waals surface area (Å²) in [5.74, 6) is 0.0288. The van der Waals surface area contributed by atoms with Crippen molar-refractivity contribution in [3.63, 3.8) is 0 Å². The zero-order chi connectivity index (χ0) is 21.1. The Kier molecular flexibility index (Phi) is 9.03. The van der Waals surface area contributed by atoms with E-state index in [1.54, 1.807) is 31.2 Å². The van der Waals surface area contributed by atoms with Crippen molar-refractivity contribution < 1.29 is 23.8 Å². The standard InChI is InChI=1S/C22H28N2O5/c1-16(22(26)24-18-7-5-3-4-6-8-18)29-21(25)12-10-17-9-11-19(28-14-13-23)20(15-17)27-2/h9-12,15-16,18H,3-8,14H2,1-2H3,(H,24,26)/b12-10+/t16-/m0/s1. The molecule has 0 radical (unpaired) electrons. The molecule has 0 saturated heterocycles. The van der Waals surface area contributed by atoms with Crippen LogP contribution < -0.4 is 14.8 Å². The van der Waals surface area contributed by atoms with Crippen molar-refractivity contribution >= 4 is 18.0 Å². The van der Waals surface area contributed by atoms with Gasteiger partial charge in [-0.1, -0.05) is 31.7 Å². The second kappa shape index (κ2) is 11.7. The number of esters is 1. The largest absolute Gasteiger partial charge is 0.493 e. The van der Waals surface area contributed by atoms with Crippen LogP contribution in [0.4, 0.5) is 0 Å². The van der Waals surface area contributed by atoms with Crippen molar-refractivity contribution in [1.29, 1.82) is 5.26 Å². The van der Waals surface area contributed by atoms with E-state index in [1.807, 2.05) is 6.07 Å². The molecular formula is C22H28N2O5. The van der Waals surface area contributed by atoms with Gasteiger partial charge in [0, 0.05) is 12.1 Å². The summed E-state index contributed by atoms with van der Waals surface area (Å²) in [6.45, 7) is 1.49. The van der Waals surface area contributed by atoms with Gasteiger partial charge in [-0.05, 0) is 43.5 Å². The van der Waals surface area contributed by atoms with Crippen LogP contribution in [0.25, 0.3) is 6.08 Å². The summed E-state index contributed by atoms with van der Waals surface area (Å²) >= 11 is 0. The first-order valence-corrected chi connectivity index (χ1v) is 9.90. The summed E-state index contributed by atoms with van der Waals surface area (Å²) in [7, 11) is 1.49. The highest BCUT2D eigenvalue weighted by atomic mass is 16.5. The first-order valence-electron chi connectivity index (χ1n) is 9.90. The van der Waals surface area contributed by atoms with E-state index >= 15 is 0 Å². The molecule has 2 rings (SSSR count). The molecule has 0 aromatic heterocycles. The molecule has 1 atom stereocenters. The van der Waals surface area contributed by atoms with Gasteiger partial charge < -0.3 is 19.5 Å². The van der Waals surface area contributed by atoms with E-state index in [4.69, 9.17) is 19.5 Å². The first kappa shape index (κ1) is 22.3. The van der Waals surface area contributed by atoms with Crippen molar-refractivity contribution in [1.82, 2.24) is 5.32 Å². The molecule has 0 bridgehead atoms. The van der Waals surface area contributed by atoms with Gasteiger partial charge in [-0.2, -0.15) is 5.26 Å². The van der Waals surface area contributed by atoms with E-state index in [9.17, 15) is 9.59 Å². The van der Waals surface area contributed by atoms with Crippen molar-refractivity contribution in [3.8, 4) is 17.6 Å². The monoisotopic (exact) mass is 400 g/mol. The summed E-state index contributed by atoms with van der Waals surface area (Å²) in [4.78, 5) is 24.3. The van der Waals surface area contributed by atoms with Crippen LogP contribution in [-0.2, 0) is 14.3 Å². The summed E-state index contributed by atoms with van der Waals surface area (Å²) in [5.41, 5.74) is 0.693. The molecule has 0 spiro atoms. The third kappa shape index (κ3) is 7.49. The van der Waals surface area contributed by atoms with Gasteiger partial charge in [-0.25, -0.2) is 4.79 Å². The Labute approximate surface area is 171 Å². The lowest BCUT2D eigenvalue weighted by Crippen LogP contribution is -2.41. The molecule has 29 heavy (non-hydrogen) atoms. The smallest absolute Gasteiger partial charge is 0.331 e. The van der Waals surface area contributed by atoms with Gasteiger partial charge in [0.15, 0.2) is 24.2 Å². The topological polar surface area (TPSA) is 97.7 Å². The van der Waals surface area contributed by atoms with Crippen molar-refractivity contribution in [2.45, 2.75) is 57.6 Å². The first-order chi connectivity index (χ1) is 14.0. The fourth-order valence-corrected chi connectivity index (χ4v) is 3.19. The average Bonchev–Trinajstić information content (AvgIpc) is 2.99. The number of ether oxygens (including phenoxy) is 3. The fraction of sp³-hybridized carbons (Fsp3) is 0.500. The highest BCUT2D eigenvalue weighted by molar-refractivity contribution is 5.90. The maximum absolute atomic E-state index is 12.3. The van der Waals surface area contributed by atoms with Crippen LogP contribution in [0.5, 0.6) is 11.5 Å². The lowest BCUT2D eigenvalue weighted by atomic mass is 10.1. The van der Waals surface area contributed by atoms with Crippen LogP contribution in [-0.4, -0.2) is 37.7 Å². The van der Waals surface area contributed by atoms with Crippen LogP contribution >= 0.6 is 0 Å². The summed E-state index contributed by atoms with van der Waals surface area (Å²) in [6, 6.07) is 7.11. The van der Waals surface area contributed by atoms with Crippen LogP contribution in [0, 0.1) is 11.3 Å². The molecule has 0 aliphatic heterocycles. The Morgan fingerprint density at radius 3 is 2.62 bits per heavy atom. The number of nitrogens with one attached hydrogen (secondary N) is 1. The van der Waals surface area contributed by atoms with E-state index in [0.29, 0.717) is 17.1 Å². The predicted octanol–water partition coefficient (Wildman–Crippen LogP) is 3.38. The van der Waals surface area contributed by atoms with Gasteiger partial charge in [0.1, 0.15) is 6.07 Å². The van der Waals surface area contributed by atoms with Crippen LogP contribution in [0.2, 0.25) is 0 Å². The third-order valence-corrected chi connectivity index (χ3v) is 4.76. The van der Waals surface area contributed by atoms with Gasteiger partial charge in [0.2, 0.25) is 0 Å². The van der Waals surface area contributed by atoms with Gasteiger partial charge >= 0.3 is 5.97 Å². The van der Waals surface area contributed by atoms with E-state index in [-0.39, 0.29) is 18.6 Å². The summed E-state index contributed by atoms with van der Waals surface area (Å²) < 4.78 is 15.7. The van der Waals surface area contributed by atoms with Gasteiger partial charge in [0.25, 0.3) is 5.91 Å². The number of methoxy groups -OCH3 is 1. The Bertz CT molecular complexity index is 761. The molecule has 0 heterocycles. The van der Waals surface area contributed by atoms with Crippen molar-refractivity contribution in [2.24, 2.45) is 0 Å². The fourth-order valence-electron chi connectivity index (χ4n) is 3.19. The van der Waals surface area contributed by atoms with E-state index in [2.05, 4.69) is 5.32 Å². The normalized spacial score (nSPS) is 15.8. The van der Waals surface area contributed by atoms with Crippen LogP contribution in [0.15, 0.2) is 24.3 Å². The quantitative estimate of drug-likeness (QED) is 0.408. The Hall–Kier alpha value is -3.01. The molecule has 1 saturated carbocycles. The number of amides is 1. The molecule has 156 valence electrons. The molecule has 1 aromatic carbocycles. The third-order valence-electron chi connectivity index (χ3n) is 4.76. The van der Waals surface area contributed by atoms with E-state index in [1.165, 1.54) is 26.0 Å². The Morgan fingerprint density at radius 2 is 1.97 bits per heavy atom. The predicted molar refractivity (Wildman–Crippen MR) is 108 cm³/mol. The lowest BCUT2D eigenvalue weighted by Gasteiger charge is -2.19. The zero-order valence-electron chi connectivity index (χ0n) is 17.0. The molecule has 1 aromatic rings. The van der Waals surface area contributed by atoms with Gasteiger partial charge in [0.05, 0.1) is 7.11 Å². The van der Waals surface area contributed by atoms with Gasteiger partial charge in [-0.3, -0.25) is 4.79 Å². The number of benzene rings is 1. The average molecular weight is 400 g/mol. The number of rotatable bonds is 8.